The van der Waals surface area contributed by atoms with Crippen LogP contribution >= 0.6 is 0 Å². The average Bonchev–Trinajstić information content (AvgIpc) is 2.33. The van der Waals surface area contributed by atoms with E-state index >= 15 is 0 Å². The van der Waals surface area contributed by atoms with Crippen molar-refractivity contribution >= 4 is 5.97 Å². The third-order valence-corrected chi connectivity index (χ3v) is 3.41. The molecule has 0 saturated carbocycles. The van der Waals surface area contributed by atoms with E-state index in [1.807, 2.05) is 20.8 Å². The lowest BCUT2D eigenvalue weighted by atomic mass is 9.95. The Morgan fingerprint density at radius 1 is 1.26 bits per heavy atom. The molecule has 1 atom stereocenters. The Morgan fingerprint density at radius 2 is 1.84 bits per heavy atom. The second-order valence-corrected chi connectivity index (χ2v) is 6.19. The number of hydrogen-bond donors (Lipinski definition) is 1. The van der Waals surface area contributed by atoms with Crippen LogP contribution in [-0.2, 0) is 14.3 Å². The molecule has 0 radical (unpaired) electrons. The summed E-state index contributed by atoms with van der Waals surface area (Å²) in [4.78, 5) is 11.9. The number of hydrogen-bond acceptors (Lipinski definition) is 4. The van der Waals surface area contributed by atoms with Gasteiger partial charge >= 0.3 is 5.97 Å². The van der Waals surface area contributed by atoms with Crippen molar-refractivity contribution in [1.82, 2.24) is 5.32 Å². The van der Waals surface area contributed by atoms with E-state index in [1.165, 1.54) is 7.11 Å². The van der Waals surface area contributed by atoms with Crippen molar-refractivity contribution in [2.24, 2.45) is 0 Å². The highest BCUT2D eigenvalue weighted by Gasteiger charge is 2.34. The molecule has 1 N–H and O–H groups in total. The van der Waals surface area contributed by atoms with Crippen molar-refractivity contribution in [3.05, 3.63) is 0 Å². The smallest absolute Gasteiger partial charge is 0.325 e. The van der Waals surface area contributed by atoms with Crippen LogP contribution < -0.4 is 5.32 Å². The van der Waals surface area contributed by atoms with Crippen molar-refractivity contribution in [2.45, 2.75) is 78.0 Å². The van der Waals surface area contributed by atoms with Crippen LogP contribution in [0.2, 0.25) is 0 Å². The minimum Gasteiger partial charge on any atom is -0.468 e. The average molecular weight is 273 g/mol. The molecule has 0 aliphatic rings. The molecular weight excluding hydrogens is 242 g/mol. The molecule has 0 bridgehead atoms. The fourth-order valence-electron chi connectivity index (χ4n) is 1.97. The monoisotopic (exact) mass is 273 g/mol. The van der Waals surface area contributed by atoms with E-state index in [0.29, 0.717) is 13.0 Å². The number of esters is 1. The molecule has 0 rings (SSSR count). The summed E-state index contributed by atoms with van der Waals surface area (Å²) in [6, 6.07) is 0.233. The Balaban J connectivity index is 4.32. The lowest BCUT2D eigenvalue weighted by Crippen LogP contribution is -2.53. The van der Waals surface area contributed by atoms with Gasteiger partial charge < -0.3 is 9.47 Å². The molecule has 1 unspecified atom stereocenters. The largest absolute Gasteiger partial charge is 0.468 e. The number of rotatable bonds is 9. The number of nitrogens with one attached hydrogen (secondary N) is 1. The van der Waals surface area contributed by atoms with Gasteiger partial charge in [0.25, 0.3) is 0 Å². The SMILES string of the molecule is CCC(C)(C)OCCCC(C)(NC(C)C)C(=O)OC. The molecule has 0 aliphatic carbocycles. The van der Waals surface area contributed by atoms with Crippen molar-refractivity contribution in [2.75, 3.05) is 13.7 Å². The molecule has 0 saturated heterocycles. The zero-order valence-corrected chi connectivity index (χ0v) is 13.6. The molecule has 19 heavy (non-hydrogen) atoms. The van der Waals surface area contributed by atoms with E-state index in [-0.39, 0.29) is 17.6 Å². The molecule has 114 valence electrons. The van der Waals surface area contributed by atoms with Crippen molar-refractivity contribution in [1.29, 1.82) is 0 Å². The molecule has 4 heteroatoms. The number of carbonyl (C=O) groups excluding carboxylic acids is 1. The second kappa shape index (κ2) is 7.85. The molecule has 0 aromatic rings. The van der Waals surface area contributed by atoms with E-state index in [4.69, 9.17) is 9.47 Å². The molecule has 0 aromatic carbocycles. The van der Waals surface area contributed by atoms with Gasteiger partial charge in [0.2, 0.25) is 0 Å². The molecular formula is C15H31NO3. The molecule has 0 aliphatic heterocycles. The van der Waals surface area contributed by atoms with Gasteiger partial charge in [-0.1, -0.05) is 6.92 Å². The maximum absolute atomic E-state index is 11.9. The molecule has 0 amide bonds. The Bertz CT molecular complexity index is 277. The van der Waals surface area contributed by atoms with Crippen molar-refractivity contribution < 1.29 is 14.3 Å². The first-order valence-electron chi connectivity index (χ1n) is 7.17. The highest BCUT2D eigenvalue weighted by atomic mass is 16.5. The van der Waals surface area contributed by atoms with E-state index in [2.05, 4.69) is 26.1 Å². The van der Waals surface area contributed by atoms with Crippen LogP contribution in [0.15, 0.2) is 0 Å². The number of methoxy groups -OCH3 is 1. The first-order valence-corrected chi connectivity index (χ1v) is 7.17. The van der Waals surface area contributed by atoms with Gasteiger partial charge in [-0.3, -0.25) is 10.1 Å². The first-order chi connectivity index (χ1) is 8.67. The number of ether oxygens (including phenoxy) is 2. The molecule has 4 nitrogen and oxygen atoms in total. The summed E-state index contributed by atoms with van der Waals surface area (Å²) in [5.74, 6) is -0.212. The lowest BCUT2D eigenvalue weighted by Gasteiger charge is -2.31. The van der Waals surface area contributed by atoms with Gasteiger partial charge in [0.05, 0.1) is 12.7 Å². The predicted molar refractivity (Wildman–Crippen MR) is 78.2 cm³/mol. The van der Waals surface area contributed by atoms with Crippen LogP contribution in [0.3, 0.4) is 0 Å². The topological polar surface area (TPSA) is 47.6 Å². The zero-order valence-electron chi connectivity index (χ0n) is 13.6. The van der Waals surface area contributed by atoms with E-state index < -0.39 is 5.54 Å². The van der Waals surface area contributed by atoms with Crippen LogP contribution in [-0.4, -0.2) is 36.9 Å². The van der Waals surface area contributed by atoms with E-state index in [1.54, 1.807) is 0 Å². The standard InChI is InChI=1S/C15H31NO3/c1-8-14(4,5)19-11-9-10-15(6,13(17)18-7)16-12(2)3/h12,16H,8-11H2,1-7H3. The van der Waals surface area contributed by atoms with Crippen LogP contribution in [0, 0.1) is 0 Å². The predicted octanol–water partition coefficient (Wildman–Crippen LogP) is 2.90. The van der Waals surface area contributed by atoms with Gasteiger partial charge in [-0.05, 0) is 53.9 Å². The van der Waals surface area contributed by atoms with Gasteiger partial charge in [0.15, 0.2) is 0 Å². The van der Waals surface area contributed by atoms with Crippen molar-refractivity contribution in [3.8, 4) is 0 Å². The summed E-state index contributed by atoms with van der Waals surface area (Å²) >= 11 is 0. The summed E-state index contributed by atoms with van der Waals surface area (Å²) in [5, 5.41) is 3.29. The van der Waals surface area contributed by atoms with Gasteiger partial charge in [-0.25, -0.2) is 0 Å². The van der Waals surface area contributed by atoms with Crippen molar-refractivity contribution in [3.63, 3.8) is 0 Å². The molecule has 0 fully saturated rings. The summed E-state index contributed by atoms with van der Waals surface area (Å²) in [7, 11) is 1.43. The van der Waals surface area contributed by atoms with Gasteiger partial charge in [0.1, 0.15) is 5.54 Å². The Kier molecular flexibility index (Phi) is 7.60. The summed E-state index contributed by atoms with van der Waals surface area (Å²) in [6.45, 7) is 12.9. The Morgan fingerprint density at radius 3 is 2.26 bits per heavy atom. The minimum absolute atomic E-state index is 0.0901. The molecule has 0 aromatic heterocycles. The van der Waals surface area contributed by atoms with Crippen LogP contribution in [0.5, 0.6) is 0 Å². The third kappa shape index (κ3) is 6.92. The second-order valence-electron chi connectivity index (χ2n) is 6.19. The zero-order chi connectivity index (χ0) is 15.1. The lowest BCUT2D eigenvalue weighted by molar-refractivity contribution is -0.148. The molecule has 0 spiro atoms. The highest BCUT2D eigenvalue weighted by molar-refractivity contribution is 5.80. The van der Waals surface area contributed by atoms with E-state index in [9.17, 15) is 4.79 Å². The van der Waals surface area contributed by atoms with Gasteiger partial charge in [0, 0.05) is 12.6 Å². The fourth-order valence-corrected chi connectivity index (χ4v) is 1.97. The third-order valence-electron chi connectivity index (χ3n) is 3.41. The first kappa shape index (κ1) is 18.4. The normalized spacial score (nSPS) is 15.4. The quantitative estimate of drug-likeness (QED) is 0.518. The van der Waals surface area contributed by atoms with Crippen LogP contribution in [0.1, 0.15) is 60.8 Å². The Hall–Kier alpha value is -0.610. The molecule has 0 heterocycles. The maximum atomic E-state index is 11.9. The minimum atomic E-state index is -0.636. The summed E-state index contributed by atoms with van der Waals surface area (Å²) in [6.07, 6.45) is 2.51. The van der Waals surface area contributed by atoms with Crippen LogP contribution in [0.4, 0.5) is 0 Å². The highest BCUT2D eigenvalue weighted by Crippen LogP contribution is 2.18. The fraction of sp³-hybridized carbons (Fsp3) is 0.933. The maximum Gasteiger partial charge on any atom is 0.325 e. The number of carbonyl (C=O) groups is 1. The Labute approximate surface area is 118 Å². The van der Waals surface area contributed by atoms with Crippen LogP contribution in [0.25, 0.3) is 0 Å². The summed E-state index contributed by atoms with van der Waals surface area (Å²) < 4.78 is 10.7. The van der Waals surface area contributed by atoms with Gasteiger partial charge in [-0.15, -0.1) is 0 Å². The summed E-state index contributed by atoms with van der Waals surface area (Å²) in [5.41, 5.74) is -0.726. The van der Waals surface area contributed by atoms with E-state index in [0.717, 1.165) is 12.8 Å². The van der Waals surface area contributed by atoms with Gasteiger partial charge in [-0.2, -0.15) is 0 Å².